The maximum Gasteiger partial charge on any atom is 0.279 e. The summed E-state index contributed by atoms with van der Waals surface area (Å²) in [7, 11) is 0. The lowest BCUT2D eigenvalue weighted by molar-refractivity contribution is -0.132. The van der Waals surface area contributed by atoms with Gasteiger partial charge in [0, 0.05) is 18.4 Å². The molecule has 3 rings (SSSR count). The van der Waals surface area contributed by atoms with Gasteiger partial charge in [-0.05, 0) is 38.1 Å². The fourth-order valence-electron chi connectivity index (χ4n) is 2.46. The Labute approximate surface area is 172 Å². The molecule has 0 aliphatic heterocycles. The number of hydrogen-bond acceptors (Lipinski definition) is 6. The topological polar surface area (TPSA) is 106 Å². The van der Waals surface area contributed by atoms with E-state index in [2.05, 4.69) is 21.0 Å². The highest BCUT2D eigenvalue weighted by molar-refractivity contribution is 5.84. The van der Waals surface area contributed by atoms with Crippen molar-refractivity contribution < 1.29 is 23.2 Å². The Bertz CT molecular complexity index is 1000. The van der Waals surface area contributed by atoms with E-state index in [-0.39, 0.29) is 12.8 Å². The van der Waals surface area contributed by atoms with Crippen molar-refractivity contribution in [2.24, 2.45) is 0 Å². The van der Waals surface area contributed by atoms with Gasteiger partial charge in [-0.15, -0.1) is 0 Å². The first kappa shape index (κ1) is 21.0. The van der Waals surface area contributed by atoms with Gasteiger partial charge in [0.1, 0.15) is 11.6 Å². The molecule has 1 atom stereocenters. The van der Waals surface area contributed by atoms with Gasteiger partial charge in [0.2, 0.25) is 17.6 Å². The zero-order chi connectivity index (χ0) is 21.5. The van der Waals surface area contributed by atoms with Crippen molar-refractivity contribution in [3.63, 3.8) is 0 Å². The molecule has 0 spiro atoms. The van der Waals surface area contributed by atoms with Crippen LogP contribution in [0.25, 0.3) is 11.4 Å². The summed E-state index contributed by atoms with van der Waals surface area (Å²) in [6.07, 6.45) is -0.616. The molecule has 2 N–H and O–H groups in total. The number of hydrazine groups is 1. The van der Waals surface area contributed by atoms with Crippen LogP contribution < -0.4 is 15.6 Å². The van der Waals surface area contributed by atoms with Gasteiger partial charge in [-0.3, -0.25) is 20.4 Å². The number of rotatable bonds is 7. The summed E-state index contributed by atoms with van der Waals surface area (Å²) in [6.45, 7) is 3.49. The zero-order valence-corrected chi connectivity index (χ0v) is 16.5. The SMILES string of the molecule is Cc1ccc(-c2noc(CCC(=O)NNC(=O)C(C)Oc3ccc(F)cc3)n2)cc1. The average Bonchev–Trinajstić information content (AvgIpc) is 3.21. The zero-order valence-electron chi connectivity index (χ0n) is 16.5. The van der Waals surface area contributed by atoms with E-state index in [0.717, 1.165) is 11.1 Å². The molecule has 0 saturated heterocycles. The van der Waals surface area contributed by atoms with Crippen molar-refractivity contribution >= 4 is 11.8 Å². The Morgan fingerprint density at radius 3 is 2.50 bits per heavy atom. The maximum atomic E-state index is 12.9. The number of aryl methyl sites for hydroxylation is 2. The first-order chi connectivity index (χ1) is 14.4. The monoisotopic (exact) mass is 412 g/mol. The Kier molecular flexibility index (Phi) is 6.74. The molecule has 156 valence electrons. The summed E-state index contributed by atoms with van der Waals surface area (Å²) in [4.78, 5) is 28.2. The van der Waals surface area contributed by atoms with Crippen molar-refractivity contribution in [2.45, 2.75) is 32.8 Å². The largest absolute Gasteiger partial charge is 0.481 e. The molecule has 2 amide bonds. The average molecular weight is 412 g/mol. The quantitative estimate of drug-likeness (QED) is 0.578. The highest BCUT2D eigenvalue weighted by Gasteiger charge is 2.16. The Morgan fingerprint density at radius 1 is 1.10 bits per heavy atom. The van der Waals surface area contributed by atoms with Gasteiger partial charge < -0.3 is 9.26 Å². The van der Waals surface area contributed by atoms with Gasteiger partial charge in [0.25, 0.3) is 5.91 Å². The molecule has 0 fully saturated rings. The summed E-state index contributed by atoms with van der Waals surface area (Å²) in [5, 5.41) is 3.91. The first-order valence-corrected chi connectivity index (χ1v) is 9.31. The van der Waals surface area contributed by atoms with Crippen molar-refractivity contribution in [3.05, 3.63) is 65.8 Å². The lowest BCUT2D eigenvalue weighted by Gasteiger charge is -2.15. The van der Waals surface area contributed by atoms with Crippen molar-refractivity contribution in [1.82, 2.24) is 21.0 Å². The number of halogens is 1. The molecule has 0 saturated carbocycles. The first-order valence-electron chi connectivity index (χ1n) is 9.31. The van der Waals surface area contributed by atoms with Crippen LogP contribution in [-0.4, -0.2) is 28.1 Å². The second-order valence-electron chi connectivity index (χ2n) is 6.63. The highest BCUT2D eigenvalue weighted by Crippen LogP contribution is 2.17. The molecule has 3 aromatic rings. The van der Waals surface area contributed by atoms with Crippen molar-refractivity contribution in [3.8, 4) is 17.1 Å². The van der Waals surface area contributed by atoms with Crippen LogP contribution in [0.15, 0.2) is 53.1 Å². The number of nitrogens with one attached hydrogen (secondary N) is 2. The Morgan fingerprint density at radius 2 is 1.80 bits per heavy atom. The van der Waals surface area contributed by atoms with Crippen LogP contribution in [0.5, 0.6) is 5.75 Å². The van der Waals surface area contributed by atoms with Gasteiger partial charge >= 0.3 is 0 Å². The van der Waals surface area contributed by atoms with Gasteiger partial charge in [0.15, 0.2) is 6.10 Å². The molecule has 9 heteroatoms. The fraction of sp³-hybridized carbons (Fsp3) is 0.238. The number of benzene rings is 2. The fourth-order valence-corrected chi connectivity index (χ4v) is 2.46. The molecular weight excluding hydrogens is 391 g/mol. The lowest BCUT2D eigenvalue weighted by atomic mass is 10.1. The van der Waals surface area contributed by atoms with Gasteiger partial charge in [-0.1, -0.05) is 35.0 Å². The summed E-state index contributed by atoms with van der Waals surface area (Å²) < 4.78 is 23.4. The molecule has 1 aromatic heterocycles. The molecule has 0 aliphatic rings. The molecule has 0 aliphatic carbocycles. The van der Waals surface area contributed by atoms with E-state index in [1.54, 1.807) is 0 Å². The minimum absolute atomic E-state index is 0.0447. The standard InChI is InChI=1S/C21H21FN4O4/c1-13-3-5-15(6-4-13)20-23-19(30-26-20)12-11-18(27)24-25-21(28)14(2)29-17-9-7-16(22)8-10-17/h3-10,14H,11-12H2,1-2H3,(H,24,27)(H,25,28). The minimum Gasteiger partial charge on any atom is -0.481 e. The van der Waals surface area contributed by atoms with Crippen molar-refractivity contribution in [1.29, 1.82) is 0 Å². The maximum absolute atomic E-state index is 12.9. The van der Waals surface area contributed by atoms with Gasteiger partial charge in [0.05, 0.1) is 0 Å². The van der Waals surface area contributed by atoms with E-state index < -0.39 is 23.7 Å². The highest BCUT2D eigenvalue weighted by atomic mass is 19.1. The minimum atomic E-state index is -0.885. The van der Waals surface area contributed by atoms with E-state index in [9.17, 15) is 14.0 Å². The van der Waals surface area contributed by atoms with Crippen LogP contribution in [0.1, 0.15) is 24.8 Å². The summed E-state index contributed by atoms with van der Waals surface area (Å²) >= 11 is 0. The smallest absolute Gasteiger partial charge is 0.279 e. The van der Waals surface area contributed by atoms with E-state index in [1.165, 1.54) is 31.2 Å². The summed E-state index contributed by atoms with van der Waals surface area (Å²) in [6, 6.07) is 12.9. The second kappa shape index (κ2) is 9.64. The predicted octanol–water partition coefficient (Wildman–Crippen LogP) is 2.73. The number of hydrogen-bond donors (Lipinski definition) is 2. The number of aromatic nitrogens is 2. The molecule has 0 radical (unpaired) electrons. The van der Waals surface area contributed by atoms with E-state index in [0.29, 0.717) is 17.5 Å². The molecule has 8 nitrogen and oxygen atoms in total. The number of amides is 2. The van der Waals surface area contributed by atoms with Crippen LogP contribution >= 0.6 is 0 Å². The summed E-state index contributed by atoms with van der Waals surface area (Å²) in [5.41, 5.74) is 6.53. The third-order valence-electron chi connectivity index (χ3n) is 4.16. The predicted molar refractivity (Wildman–Crippen MR) is 106 cm³/mol. The van der Waals surface area contributed by atoms with E-state index >= 15 is 0 Å². The number of carbonyl (C=O) groups is 2. The molecular formula is C21H21FN4O4. The van der Waals surface area contributed by atoms with Gasteiger partial charge in [-0.2, -0.15) is 4.98 Å². The number of carbonyl (C=O) groups excluding carboxylic acids is 2. The lowest BCUT2D eigenvalue weighted by Crippen LogP contribution is -2.47. The molecule has 1 heterocycles. The van der Waals surface area contributed by atoms with Crippen LogP contribution in [-0.2, 0) is 16.0 Å². The Hall–Kier alpha value is -3.75. The molecule has 1 unspecified atom stereocenters. The van der Waals surface area contributed by atoms with E-state index in [4.69, 9.17) is 9.26 Å². The molecule has 2 aromatic carbocycles. The normalized spacial score (nSPS) is 11.6. The molecule has 0 bridgehead atoms. The van der Waals surface area contributed by atoms with Gasteiger partial charge in [-0.25, -0.2) is 4.39 Å². The molecule has 30 heavy (non-hydrogen) atoms. The summed E-state index contributed by atoms with van der Waals surface area (Å²) in [5.74, 6) is -0.268. The van der Waals surface area contributed by atoms with E-state index in [1.807, 2.05) is 31.2 Å². The Balaban J connectivity index is 1.42. The third kappa shape index (κ3) is 5.87. The van der Waals surface area contributed by atoms with Crippen molar-refractivity contribution in [2.75, 3.05) is 0 Å². The van der Waals surface area contributed by atoms with Crippen LogP contribution in [0, 0.1) is 12.7 Å². The number of nitrogens with zero attached hydrogens (tertiary/aromatic N) is 2. The third-order valence-corrected chi connectivity index (χ3v) is 4.16. The van der Waals surface area contributed by atoms with Crippen LogP contribution in [0.3, 0.4) is 0 Å². The second-order valence-corrected chi connectivity index (χ2v) is 6.63. The van der Waals surface area contributed by atoms with Crippen LogP contribution in [0.2, 0.25) is 0 Å². The number of ether oxygens (including phenoxy) is 1. The van der Waals surface area contributed by atoms with Crippen LogP contribution in [0.4, 0.5) is 4.39 Å².